The summed E-state index contributed by atoms with van der Waals surface area (Å²) in [5.41, 5.74) is 2.39. The topological polar surface area (TPSA) is 45.3 Å². The van der Waals surface area contributed by atoms with Crippen LogP contribution in [0.3, 0.4) is 0 Å². The molecule has 1 aliphatic rings. The van der Waals surface area contributed by atoms with E-state index in [0.29, 0.717) is 0 Å². The van der Waals surface area contributed by atoms with Crippen LogP contribution in [-0.4, -0.2) is 43.2 Å². The second-order valence-corrected chi connectivity index (χ2v) is 4.16. The number of rotatable bonds is 3. The first kappa shape index (κ1) is 11.4. The van der Waals surface area contributed by atoms with E-state index in [2.05, 4.69) is 9.88 Å². The first-order chi connectivity index (χ1) is 7.79. The normalized spacial score (nSPS) is 16.8. The molecule has 0 spiro atoms. The maximum absolute atomic E-state index is 11.2. The van der Waals surface area contributed by atoms with E-state index >= 15 is 0 Å². The zero-order valence-electron chi connectivity index (χ0n) is 9.66. The van der Waals surface area contributed by atoms with Gasteiger partial charge in [0.1, 0.15) is 0 Å². The molecule has 1 aromatic rings. The summed E-state index contributed by atoms with van der Waals surface area (Å²) in [5.74, 6) is 0. The molecule has 0 atom stereocenters. The summed E-state index contributed by atoms with van der Waals surface area (Å²) in [6.07, 6.45) is 1.94. The molecule has 1 aliphatic heterocycles. The quantitative estimate of drug-likeness (QED) is 0.806. The molecular weight excluding hydrogens is 204 g/mol. The highest BCUT2D eigenvalue weighted by Crippen LogP contribution is 2.11. The van der Waals surface area contributed by atoms with Crippen molar-refractivity contribution in [2.45, 2.75) is 12.8 Å². The lowest BCUT2D eigenvalue weighted by Gasteiger charge is -2.18. The van der Waals surface area contributed by atoms with Gasteiger partial charge >= 0.3 is 0 Å². The Balaban J connectivity index is 2.04. The minimum atomic E-state index is 0.00379. The van der Waals surface area contributed by atoms with E-state index in [4.69, 9.17) is 4.74 Å². The van der Waals surface area contributed by atoms with Gasteiger partial charge in [-0.15, -0.1) is 0 Å². The van der Waals surface area contributed by atoms with Gasteiger partial charge in [-0.1, -0.05) is 6.07 Å². The van der Waals surface area contributed by atoms with Crippen LogP contribution in [0.1, 0.15) is 11.3 Å². The van der Waals surface area contributed by atoms with Crippen molar-refractivity contribution in [3.8, 4) is 0 Å². The van der Waals surface area contributed by atoms with E-state index < -0.39 is 0 Å². The fourth-order valence-corrected chi connectivity index (χ4v) is 2.11. The van der Waals surface area contributed by atoms with Crippen LogP contribution < -0.4 is 5.56 Å². The van der Waals surface area contributed by atoms with Gasteiger partial charge in [-0.05, 0) is 12.0 Å². The molecule has 1 aromatic heterocycles. The van der Waals surface area contributed by atoms with Gasteiger partial charge in [0.05, 0.1) is 6.61 Å². The first-order valence-electron chi connectivity index (χ1n) is 5.72. The molecule has 0 aromatic carbocycles. The van der Waals surface area contributed by atoms with Gasteiger partial charge in [-0.2, -0.15) is 0 Å². The van der Waals surface area contributed by atoms with Crippen LogP contribution in [0.2, 0.25) is 0 Å². The summed E-state index contributed by atoms with van der Waals surface area (Å²) in [5, 5.41) is 0. The van der Waals surface area contributed by atoms with Crippen molar-refractivity contribution >= 4 is 0 Å². The average molecular weight is 222 g/mol. The van der Waals surface area contributed by atoms with E-state index in [0.717, 1.165) is 44.8 Å². The molecule has 2 rings (SSSR count). The van der Waals surface area contributed by atoms with Crippen LogP contribution in [0, 0.1) is 0 Å². The second kappa shape index (κ2) is 5.27. The van der Waals surface area contributed by atoms with Gasteiger partial charge in [-0.3, -0.25) is 4.79 Å². The van der Waals surface area contributed by atoms with E-state index in [1.165, 1.54) is 5.56 Å². The Hall–Kier alpha value is -1.13. The third-order valence-corrected chi connectivity index (χ3v) is 3.08. The van der Waals surface area contributed by atoms with Crippen LogP contribution >= 0.6 is 0 Å². The summed E-state index contributed by atoms with van der Waals surface area (Å²) in [6.45, 7) is 3.78. The third kappa shape index (κ3) is 2.71. The number of hydrogen-bond donors (Lipinski definition) is 1. The molecule has 0 radical (unpaired) electrons. The highest BCUT2D eigenvalue weighted by molar-refractivity contribution is 5.21. The molecule has 0 fully saturated rings. The highest BCUT2D eigenvalue weighted by atomic mass is 16.5. The van der Waals surface area contributed by atoms with Gasteiger partial charge in [0.2, 0.25) is 5.56 Å². The van der Waals surface area contributed by atoms with Crippen LogP contribution in [0.15, 0.2) is 16.9 Å². The molecule has 0 aliphatic carbocycles. The van der Waals surface area contributed by atoms with Crippen molar-refractivity contribution in [3.63, 3.8) is 0 Å². The summed E-state index contributed by atoms with van der Waals surface area (Å²) in [7, 11) is 1.73. The van der Waals surface area contributed by atoms with Crippen molar-refractivity contribution in [1.29, 1.82) is 0 Å². The smallest absolute Gasteiger partial charge is 0.248 e. The highest BCUT2D eigenvalue weighted by Gasteiger charge is 2.13. The van der Waals surface area contributed by atoms with Crippen LogP contribution in [0.4, 0.5) is 0 Å². The van der Waals surface area contributed by atoms with Crippen LogP contribution in [0.5, 0.6) is 0 Å². The number of ether oxygens (including phenoxy) is 1. The number of hydrogen-bond acceptors (Lipinski definition) is 3. The van der Waals surface area contributed by atoms with E-state index in [1.807, 2.05) is 6.07 Å². The molecule has 1 N–H and O–H groups in total. The largest absolute Gasteiger partial charge is 0.383 e. The number of aromatic amines is 1. The van der Waals surface area contributed by atoms with Crippen LogP contribution in [-0.2, 0) is 17.6 Å². The SMILES string of the molecule is COCCN1CCc2ccc(=O)[nH]c2CC1. The lowest BCUT2D eigenvalue weighted by Crippen LogP contribution is -2.29. The Kier molecular flexibility index (Phi) is 3.74. The van der Waals surface area contributed by atoms with Crippen molar-refractivity contribution in [2.24, 2.45) is 0 Å². The average Bonchev–Trinajstić information content (AvgIpc) is 2.48. The minimum absolute atomic E-state index is 0.00379. The Morgan fingerprint density at radius 3 is 3.00 bits per heavy atom. The standard InChI is InChI=1S/C12H18N2O2/c1-16-9-8-14-6-4-10-2-3-12(15)13-11(10)5-7-14/h2-3H,4-9H2,1H3,(H,13,15). The number of pyridine rings is 1. The number of fused-ring (bicyclic) bond motifs is 1. The third-order valence-electron chi connectivity index (χ3n) is 3.08. The predicted molar refractivity (Wildman–Crippen MR) is 62.8 cm³/mol. The van der Waals surface area contributed by atoms with Gasteiger partial charge in [0.25, 0.3) is 0 Å². The van der Waals surface area contributed by atoms with Gasteiger partial charge in [-0.25, -0.2) is 0 Å². The molecule has 4 heteroatoms. The van der Waals surface area contributed by atoms with Gasteiger partial charge < -0.3 is 14.6 Å². The van der Waals surface area contributed by atoms with Crippen LogP contribution in [0.25, 0.3) is 0 Å². The maximum Gasteiger partial charge on any atom is 0.248 e. The van der Waals surface area contributed by atoms with Gasteiger partial charge in [0.15, 0.2) is 0 Å². The lowest BCUT2D eigenvalue weighted by atomic mass is 10.1. The predicted octanol–water partition coefficient (Wildman–Crippen LogP) is 0.422. The maximum atomic E-state index is 11.2. The Morgan fingerprint density at radius 2 is 2.19 bits per heavy atom. The van der Waals surface area contributed by atoms with E-state index in [-0.39, 0.29) is 5.56 Å². The molecule has 0 bridgehead atoms. The number of aromatic nitrogens is 1. The minimum Gasteiger partial charge on any atom is -0.383 e. The lowest BCUT2D eigenvalue weighted by molar-refractivity contribution is 0.150. The van der Waals surface area contributed by atoms with Gasteiger partial charge in [0, 0.05) is 44.9 Å². The van der Waals surface area contributed by atoms with E-state index in [9.17, 15) is 4.79 Å². The molecule has 2 heterocycles. The first-order valence-corrected chi connectivity index (χ1v) is 5.72. The zero-order chi connectivity index (χ0) is 11.4. The molecule has 16 heavy (non-hydrogen) atoms. The molecule has 4 nitrogen and oxygen atoms in total. The molecule has 0 amide bonds. The van der Waals surface area contributed by atoms with Crippen molar-refractivity contribution < 1.29 is 4.74 Å². The molecule has 0 saturated carbocycles. The van der Waals surface area contributed by atoms with Crippen molar-refractivity contribution in [2.75, 3.05) is 33.4 Å². The number of methoxy groups -OCH3 is 1. The fourth-order valence-electron chi connectivity index (χ4n) is 2.11. The van der Waals surface area contributed by atoms with Crippen molar-refractivity contribution in [3.05, 3.63) is 33.7 Å². The number of nitrogens with zero attached hydrogens (tertiary/aromatic N) is 1. The number of nitrogens with one attached hydrogen (secondary N) is 1. The summed E-state index contributed by atoms with van der Waals surface area (Å²) in [6, 6.07) is 3.57. The summed E-state index contributed by atoms with van der Waals surface area (Å²) in [4.78, 5) is 16.5. The monoisotopic (exact) mass is 222 g/mol. The Labute approximate surface area is 95.2 Å². The summed E-state index contributed by atoms with van der Waals surface area (Å²) < 4.78 is 5.08. The molecular formula is C12H18N2O2. The molecule has 0 unspecified atom stereocenters. The Bertz CT molecular complexity index is 400. The summed E-state index contributed by atoms with van der Waals surface area (Å²) >= 11 is 0. The molecule has 88 valence electrons. The fraction of sp³-hybridized carbons (Fsp3) is 0.583. The Morgan fingerprint density at radius 1 is 1.38 bits per heavy atom. The second-order valence-electron chi connectivity index (χ2n) is 4.16. The number of H-pyrrole nitrogens is 1. The molecule has 0 saturated heterocycles. The van der Waals surface area contributed by atoms with E-state index in [1.54, 1.807) is 13.2 Å². The zero-order valence-corrected chi connectivity index (χ0v) is 9.66. The van der Waals surface area contributed by atoms with Crippen molar-refractivity contribution in [1.82, 2.24) is 9.88 Å².